The molecule has 0 radical (unpaired) electrons. The quantitative estimate of drug-likeness (QED) is 0.728. The van der Waals surface area contributed by atoms with Gasteiger partial charge in [-0.1, -0.05) is 24.0 Å². The van der Waals surface area contributed by atoms with Gasteiger partial charge in [0.25, 0.3) is 5.91 Å². The average molecular weight is 216 g/mol. The minimum absolute atomic E-state index is 0.100. The van der Waals surface area contributed by atoms with Crippen molar-refractivity contribution in [2.45, 2.75) is 19.9 Å². The van der Waals surface area contributed by atoms with E-state index in [2.05, 4.69) is 17.2 Å². The Morgan fingerprint density at radius 1 is 1.44 bits per heavy atom. The van der Waals surface area contributed by atoms with E-state index in [9.17, 15) is 4.79 Å². The summed E-state index contributed by atoms with van der Waals surface area (Å²) in [6.45, 7) is 4.14. The van der Waals surface area contributed by atoms with Crippen molar-refractivity contribution in [3.8, 4) is 11.8 Å². The molecule has 0 fully saturated rings. The van der Waals surface area contributed by atoms with Gasteiger partial charge in [0.15, 0.2) is 0 Å². The molecule has 16 heavy (non-hydrogen) atoms. The topological polar surface area (TPSA) is 55.1 Å². The van der Waals surface area contributed by atoms with Crippen molar-refractivity contribution in [1.82, 2.24) is 5.32 Å². The summed E-state index contributed by atoms with van der Waals surface area (Å²) < 4.78 is 0. The number of nitrogens with two attached hydrogens (primary N) is 1. The van der Waals surface area contributed by atoms with E-state index < -0.39 is 0 Å². The van der Waals surface area contributed by atoms with Gasteiger partial charge < -0.3 is 11.1 Å². The van der Waals surface area contributed by atoms with Gasteiger partial charge in [0.2, 0.25) is 0 Å². The smallest absolute Gasteiger partial charge is 0.252 e. The highest BCUT2D eigenvalue weighted by molar-refractivity contribution is 5.96. The molecule has 1 aromatic rings. The van der Waals surface area contributed by atoms with Crippen molar-refractivity contribution >= 4 is 5.91 Å². The van der Waals surface area contributed by atoms with Crippen LogP contribution < -0.4 is 11.1 Å². The summed E-state index contributed by atoms with van der Waals surface area (Å²) >= 11 is 0. The third kappa shape index (κ3) is 3.41. The summed E-state index contributed by atoms with van der Waals surface area (Å²) in [4.78, 5) is 11.8. The second-order valence-electron chi connectivity index (χ2n) is 3.68. The molecule has 0 atom stereocenters. The lowest BCUT2D eigenvalue weighted by molar-refractivity contribution is 0.0943. The molecule has 3 nitrogen and oxygen atoms in total. The molecular weight excluding hydrogens is 200 g/mol. The molecule has 1 aromatic carbocycles. The lowest BCUT2D eigenvalue weighted by Gasteiger charge is -2.09. The van der Waals surface area contributed by atoms with Gasteiger partial charge in [-0.3, -0.25) is 4.79 Å². The van der Waals surface area contributed by atoms with Crippen LogP contribution >= 0.6 is 0 Å². The lowest BCUT2D eigenvalue weighted by Crippen LogP contribution is -2.30. The van der Waals surface area contributed by atoms with Gasteiger partial charge in [-0.2, -0.15) is 0 Å². The molecular formula is C13H16N2O. The van der Waals surface area contributed by atoms with Crippen LogP contribution in [0.15, 0.2) is 24.3 Å². The summed E-state index contributed by atoms with van der Waals surface area (Å²) in [5, 5.41) is 2.84. The van der Waals surface area contributed by atoms with Gasteiger partial charge in [0, 0.05) is 11.6 Å². The van der Waals surface area contributed by atoms with Crippen molar-refractivity contribution in [3.63, 3.8) is 0 Å². The summed E-state index contributed by atoms with van der Waals surface area (Å²) in [5.74, 6) is 5.54. The van der Waals surface area contributed by atoms with E-state index in [0.717, 1.165) is 0 Å². The van der Waals surface area contributed by atoms with Crippen LogP contribution in [0.4, 0.5) is 0 Å². The van der Waals surface area contributed by atoms with Gasteiger partial charge in [-0.25, -0.2) is 0 Å². The number of rotatable bonds is 2. The second kappa shape index (κ2) is 5.94. The first-order valence-corrected chi connectivity index (χ1v) is 5.24. The summed E-state index contributed by atoms with van der Waals surface area (Å²) in [6, 6.07) is 7.37. The number of amides is 1. The highest BCUT2D eigenvalue weighted by Crippen LogP contribution is 2.07. The summed E-state index contributed by atoms with van der Waals surface area (Å²) in [7, 11) is 0. The maximum atomic E-state index is 11.8. The van der Waals surface area contributed by atoms with Crippen LogP contribution in [-0.2, 0) is 0 Å². The molecule has 0 aliphatic rings. The Labute approximate surface area is 96.0 Å². The highest BCUT2D eigenvalue weighted by atomic mass is 16.1. The monoisotopic (exact) mass is 216 g/mol. The Balaban J connectivity index is 2.98. The highest BCUT2D eigenvalue weighted by Gasteiger charge is 2.09. The van der Waals surface area contributed by atoms with Crippen molar-refractivity contribution in [2.75, 3.05) is 6.54 Å². The van der Waals surface area contributed by atoms with Crippen LogP contribution in [0.5, 0.6) is 0 Å². The van der Waals surface area contributed by atoms with Crippen molar-refractivity contribution in [3.05, 3.63) is 35.4 Å². The SMILES string of the molecule is CC(C)NC(=O)c1ccccc1C#CCN. The predicted molar refractivity (Wildman–Crippen MR) is 65.0 cm³/mol. The molecule has 84 valence electrons. The Morgan fingerprint density at radius 3 is 2.75 bits per heavy atom. The van der Waals surface area contributed by atoms with E-state index >= 15 is 0 Å². The Bertz CT molecular complexity index is 427. The molecule has 1 rings (SSSR count). The molecule has 0 saturated carbocycles. The first-order valence-electron chi connectivity index (χ1n) is 5.24. The van der Waals surface area contributed by atoms with E-state index in [0.29, 0.717) is 17.7 Å². The standard InChI is InChI=1S/C13H16N2O/c1-10(2)15-13(16)12-8-4-3-6-11(12)7-5-9-14/h3-4,6,8,10H,9,14H2,1-2H3,(H,15,16). The van der Waals surface area contributed by atoms with Crippen molar-refractivity contribution in [1.29, 1.82) is 0 Å². The molecule has 0 aliphatic carbocycles. The number of carbonyl (C=O) groups is 1. The normalized spacial score (nSPS) is 9.50. The van der Waals surface area contributed by atoms with E-state index in [-0.39, 0.29) is 11.9 Å². The van der Waals surface area contributed by atoms with Gasteiger partial charge in [0.05, 0.1) is 12.1 Å². The van der Waals surface area contributed by atoms with Crippen molar-refractivity contribution in [2.24, 2.45) is 5.73 Å². The molecule has 0 unspecified atom stereocenters. The molecule has 0 bridgehead atoms. The van der Waals surface area contributed by atoms with Crippen LogP contribution in [0, 0.1) is 11.8 Å². The fourth-order valence-corrected chi connectivity index (χ4v) is 1.28. The Kier molecular flexibility index (Phi) is 4.56. The number of carbonyl (C=O) groups excluding carboxylic acids is 1. The molecule has 3 heteroatoms. The molecule has 0 spiro atoms. The molecule has 0 aromatic heterocycles. The Hall–Kier alpha value is -1.79. The first-order chi connectivity index (χ1) is 7.65. The van der Waals surface area contributed by atoms with Crippen LogP contribution in [0.1, 0.15) is 29.8 Å². The summed E-state index contributed by atoms with van der Waals surface area (Å²) in [6.07, 6.45) is 0. The fraction of sp³-hybridized carbons (Fsp3) is 0.308. The van der Waals surface area contributed by atoms with Gasteiger partial charge in [-0.15, -0.1) is 0 Å². The number of nitrogens with one attached hydrogen (secondary N) is 1. The summed E-state index contributed by atoms with van der Waals surface area (Å²) in [5.41, 5.74) is 6.62. The third-order valence-corrected chi connectivity index (χ3v) is 1.92. The molecule has 3 N–H and O–H groups in total. The van der Waals surface area contributed by atoms with Crippen molar-refractivity contribution < 1.29 is 4.79 Å². The van der Waals surface area contributed by atoms with E-state index in [1.54, 1.807) is 6.07 Å². The number of benzene rings is 1. The van der Waals surface area contributed by atoms with E-state index in [1.807, 2.05) is 32.0 Å². The first kappa shape index (κ1) is 12.3. The van der Waals surface area contributed by atoms with E-state index in [4.69, 9.17) is 5.73 Å². The zero-order chi connectivity index (χ0) is 12.0. The predicted octanol–water partition coefficient (Wildman–Crippen LogP) is 1.14. The minimum atomic E-state index is -0.100. The molecule has 0 saturated heterocycles. The zero-order valence-electron chi connectivity index (χ0n) is 9.58. The minimum Gasteiger partial charge on any atom is -0.350 e. The second-order valence-corrected chi connectivity index (χ2v) is 3.68. The van der Waals surface area contributed by atoms with Crippen LogP contribution in [0.3, 0.4) is 0 Å². The molecule has 1 amide bonds. The van der Waals surface area contributed by atoms with Crippen LogP contribution in [-0.4, -0.2) is 18.5 Å². The average Bonchev–Trinajstić information content (AvgIpc) is 2.25. The molecule has 0 aliphatic heterocycles. The van der Waals surface area contributed by atoms with Crippen LogP contribution in [0.2, 0.25) is 0 Å². The number of hydrogen-bond donors (Lipinski definition) is 2. The molecule has 0 heterocycles. The Morgan fingerprint density at radius 2 is 2.12 bits per heavy atom. The van der Waals surface area contributed by atoms with Gasteiger partial charge in [-0.05, 0) is 26.0 Å². The fourth-order valence-electron chi connectivity index (χ4n) is 1.28. The number of hydrogen-bond acceptors (Lipinski definition) is 2. The van der Waals surface area contributed by atoms with Crippen LogP contribution in [0.25, 0.3) is 0 Å². The van der Waals surface area contributed by atoms with E-state index in [1.165, 1.54) is 0 Å². The maximum absolute atomic E-state index is 11.8. The lowest BCUT2D eigenvalue weighted by atomic mass is 10.1. The zero-order valence-corrected chi connectivity index (χ0v) is 9.58. The largest absolute Gasteiger partial charge is 0.350 e. The van der Waals surface area contributed by atoms with Gasteiger partial charge in [0.1, 0.15) is 0 Å². The maximum Gasteiger partial charge on any atom is 0.252 e. The van der Waals surface area contributed by atoms with Gasteiger partial charge >= 0.3 is 0 Å². The third-order valence-electron chi connectivity index (χ3n) is 1.92.